The number of hydrogen-bond donors (Lipinski definition) is 0. The van der Waals surface area contributed by atoms with Crippen molar-refractivity contribution >= 4 is 11.8 Å². The molecule has 2 aliphatic rings. The second kappa shape index (κ2) is 10.6. The topological polar surface area (TPSA) is 49.9 Å². The van der Waals surface area contributed by atoms with Crippen LogP contribution in [-0.4, -0.2) is 47.4 Å². The Morgan fingerprint density at radius 2 is 1.85 bits per heavy atom. The van der Waals surface area contributed by atoms with Gasteiger partial charge >= 0.3 is 0 Å². The summed E-state index contributed by atoms with van der Waals surface area (Å²) in [6.07, 6.45) is 3.30. The van der Waals surface area contributed by atoms with Crippen molar-refractivity contribution in [3.8, 4) is 5.75 Å². The molecule has 0 spiro atoms. The average molecular weight is 467 g/mol. The van der Waals surface area contributed by atoms with Crippen LogP contribution in [0.2, 0.25) is 0 Å². The minimum atomic E-state index is -0.536. The monoisotopic (exact) mass is 466 g/mol. The van der Waals surface area contributed by atoms with Crippen molar-refractivity contribution in [1.29, 1.82) is 0 Å². The maximum Gasteiger partial charge on any atom is 0.263 e. The van der Waals surface area contributed by atoms with Crippen LogP contribution >= 0.6 is 0 Å². The average Bonchev–Trinajstić information content (AvgIpc) is 3.36. The van der Waals surface area contributed by atoms with Crippen LogP contribution in [0, 0.1) is 11.7 Å². The van der Waals surface area contributed by atoms with Gasteiger partial charge in [0.1, 0.15) is 11.6 Å². The third-order valence-electron chi connectivity index (χ3n) is 6.76. The summed E-state index contributed by atoms with van der Waals surface area (Å²) in [5.41, 5.74) is 2.81. The van der Waals surface area contributed by atoms with Gasteiger partial charge in [0.05, 0.1) is 6.04 Å². The first kappa shape index (κ1) is 24.2. The van der Waals surface area contributed by atoms with E-state index in [0.717, 1.165) is 49.0 Å². The molecule has 2 aliphatic heterocycles. The van der Waals surface area contributed by atoms with E-state index in [1.807, 2.05) is 54.8 Å². The van der Waals surface area contributed by atoms with Gasteiger partial charge in [0.15, 0.2) is 6.10 Å². The van der Waals surface area contributed by atoms with Gasteiger partial charge < -0.3 is 14.5 Å². The zero-order valence-electron chi connectivity index (χ0n) is 20.4. The van der Waals surface area contributed by atoms with Crippen molar-refractivity contribution in [1.82, 2.24) is 9.80 Å². The van der Waals surface area contributed by atoms with Gasteiger partial charge in [-0.1, -0.05) is 39.0 Å². The lowest BCUT2D eigenvalue weighted by Gasteiger charge is -2.38. The van der Waals surface area contributed by atoms with Crippen LogP contribution < -0.4 is 4.74 Å². The first-order chi connectivity index (χ1) is 16.4. The van der Waals surface area contributed by atoms with E-state index < -0.39 is 6.10 Å². The van der Waals surface area contributed by atoms with Crippen molar-refractivity contribution in [2.75, 3.05) is 19.6 Å². The standard InChI is InChI=1S/C28H35FN2O3/c1-4-25(28(33)30-13-5-6-14-30)34-23-11-10-20-12-15-31(26(32)16-19(2)3)27(24(20)18-23)21-8-7-9-22(29)17-21/h7-11,17-19,25,27H,4-6,12-16H2,1-3H3/t25-,27-/m0/s1. The second-order valence-electron chi connectivity index (χ2n) is 9.80. The molecule has 0 unspecified atom stereocenters. The van der Waals surface area contributed by atoms with Gasteiger partial charge in [0.2, 0.25) is 5.91 Å². The Bertz CT molecular complexity index is 1030. The Morgan fingerprint density at radius 1 is 1.09 bits per heavy atom. The first-order valence-corrected chi connectivity index (χ1v) is 12.5. The van der Waals surface area contributed by atoms with Gasteiger partial charge in [-0.25, -0.2) is 4.39 Å². The highest BCUT2D eigenvalue weighted by molar-refractivity contribution is 5.81. The van der Waals surface area contributed by atoms with E-state index in [-0.39, 0.29) is 29.6 Å². The molecule has 0 saturated carbocycles. The Hall–Kier alpha value is -2.89. The number of carbonyl (C=O) groups excluding carboxylic acids is 2. The lowest BCUT2D eigenvalue weighted by atomic mass is 9.87. The highest BCUT2D eigenvalue weighted by atomic mass is 19.1. The minimum Gasteiger partial charge on any atom is -0.481 e. The lowest BCUT2D eigenvalue weighted by molar-refractivity contribution is -0.137. The van der Waals surface area contributed by atoms with Crippen LogP contribution in [0.1, 0.15) is 69.2 Å². The quantitative estimate of drug-likeness (QED) is 0.569. The molecule has 34 heavy (non-hydrogen) atoms. The minimum absolute atomic E-state index is 0.0353. The van der Waals surface area contributed by atoms with Gasteiger partial charge in [-0.2, -0.15) is 0 Å². The normalized spacial score (nSPS) is 18.7. The van der Waals surface area contributed by atoms with Gasteiger partial charge in [0, 0.05) is 26.1 Å². The molecule has 6 heteroatoms. The van der Waals surface area contributed by atoms with E-state index >= 15 is 0 Å². The summed E-state index contributed by atoms with van der Waals surface area (Å²) in [7, 11) is 0. The largest absolute Gasteiger partial charge is 0.481 e. The van der Waals surface area contributed by atoms with E-state index in [1.54, 1.807) is 6.07 Å². The molecule has 4 rings (SSSR count). The Balaban J connectivity index is 1.67. The Kier molecular flexibility index (Phi) is 7.54. The Labute approximate surface area is 201 Å². The van der Waals surface area contributed by atoms with E-state index in [4.69, 9.17) is 4.74 Å². The number of amides is 2. The maximum absolute atomic E-state index is 14.2. The van der Waals surface area contributed by atoms with Crippen molar-refractivity contribution in [3.63, 3.8) is 0 Å². The molecule has 0 N–H and O–H groups in total. The molecule has 0 aromatic heterocycles. The number of benzene rings is 2. The fourth-order valence-corrected chi connectivity index (χ4v) is 5.05. The summed E-state index contributed by atoms with van der Waals surface area (Å²) in [6.45, 7) is 8.18. The summed E-state index contributed by atoms with van der Waals surface area (Å²) >= 11 is 0. The summed E-state index contributed by atoms with van der Waals surface area (Å²) in [6, 6.07) is 12.0. The first-order valence-electron chi connectivity index (χ1n) is 12.5. The smallest absolute Gasteiger partial charge is 0.263 e. The van der Waals surface area contributed by atoms with Crippen molar-refractivity contribution in [2.45, 2.75) is 65.0 Å². The number of ether oxygens (including phenoxy) is 1. The number of rotatable bonds is 7. The van der Waals surface area contributed by atoms with Gasteiger partial charge in [-0.3, -0.25) is 9.59 Å². The zero-order chi connectivity index (χ0) is 24.2. The molecule has 1 saturated heterocycles. The molecule has 0 radical (unpaired) electrons. The van der Waals surface area contributed by atoms with Gasteiger partial charge in [-0.05, 0) is 72.6 Å². The highest BCUT2D eigenvalue weighted by Crippen LogP contribution is 2.38. The summed E-state index contributed by atoms with van der Waals surface area (Å²) < 4.78 is 20.4. The molecule has 0 aliphatic carbocycles. The molecule has 1 fully saturated rings. The van der Waals surface area contributed by atoms with Crippen LogP contribution in [0.5, 0.6) is 5.75 Å². The number of fused-ring (bicyclic) bond motifs is 1. The van der Waals surface area contributed by atoms with E-state index in [9.17, 15) is 14.0 Å². The number of halogens is 1. The van der Waals surface area contributed by atoms with Gasteiger partial charge in [0.25, 0.3) is 5.91 Å². The molecule has 5 nitrogen and oxygen atoms in total. The zero-order valence-corrected chi connectivity index (χ0v) is 20.4. The highest BCUT2D eigenvalue weighted by Gasteiger charge is 2.33. The molecule has 2 atom stereocenters. The summed E-state index contributed by atoms with van der Waals surface area (Å²) in [4.78, 5) is 29.9. The van der Waals surface area contributed by atoms with Crippen LogP contribution in [0.25, 0.3) is 0 Å². The molecule has 2 heterocycles. The Morgan fingerprint density at radius 3 is 2.53 bits per heavy atom. The van der Waals surface area contributed by atoms with Gasteiger partial charge in [-0.15, -0.1) is 0 Å². The van der Waals surface area contributed by atoms with Crippen molar-refractivity contribution < 1.29 is 18.7 Å². The van der Waals surface area contributed by atoms with Crippen LogP contribution in [0.3, 0.4) is 0 Å². The SMILES string of the molecule is CC[C@H](Oc1ccc2c(c1)[C@H](c1cccc(F)c1)N(C(=O)CC(C)C)CC2)C(=O)N1CCCC1. The second-order valence-corrected chi connectivity index (χ2v) is 9.80. The lowest BCUT2D eigenvalue weighted by Crippen LogP contribution is -2.41. The molecular formula is C28H35FN2O3. The fourth-order valence-electron chi connectivity index (χ4n) is 5.05. The van der Waals surface area contributed by atoms with Crippen LogP contribution in [0.15, 0.2) is 42.5 Å². The number of carbonyl (C=O) groups is 2. The van der Waals surface area contributed by atoms with Crippen molar-refractivity contribution in [3.05, 3.63) is 65.0 Å². The fraction of sp³-hybridized carbons (Fsp3) is 0.500. The number of likely N-dealkylation sites (tertiary alicyclic amines) is 1. The van der Waals surface area contributed by atoms with Crippen molar-refractivity contribution in [2.24, 2.45) is 5.92 Å². The molecule has 182 valence electrons. The van der Waals surface area contributed by atoms with Crippen LogP contribution in [0.4, 0.5) is 4.39 Å². The predicted octanol–water partition coefficient (Wildman–Crippen LogP) is 5.13. The third-order valence-corrected chi connectivity index (χ3v) is 6.76. The van der Waals surface area contributed by atoms with E-state index in [1.165, 1.54) is 12.1 Å². The summed E-state index contributed by atoms with van der Waals surface area (Å²) in [5, 5.41) is 0. The number of hydrogen-bond acceptors (Lipinski definition) is 3. The van der Waals surface area contributed by atoms with Crippen LogP contribution in [-0.2, 0) is 16.0 Å². The number of nitrogens with zero attached hydrogens (tertiary/aromatic N) is 2. The molecule has 2 amide bonds. The third kappa shape index (κ3) is 5.26. The molecular weight excluding hydrogens is 431 g/mol. The maximum atomic E-state index is 14.2. The summed E-state index contributed by atoms with van der Waals surface area (Å²) in [5.74, 6) is 0.622. The predicted molar refractivity (Wildman–Crippen MR) is 130 cm³/mol. The van der Waals surface area contributed by atoms with E-state index in [2.05, 4.69) is 0 Å². The molecule has 0 bridgehead atoms. The molecule has 2 aromatic carbocycles. The van der Waals surface area contributed by atoms with E-state index in [0.29, 0.717) is 25.1 Å². The molecule has 2 aromatic rings.